The van der Waals surface area contributed by atoms with E-state index in [-0.39, 0.29) is 6.61 Å². The first kappa shape index (κ1) is 19.2. The van der Waals surface area contributed by atoms with Gasteiger partial charge in [0.15, 0.2) is 0 Å². The third-order valence-corrected chi connectivity index (χ3v) is 4.44. The van der Waals surface area contributed by atoms with Gasteiger partial charge >= 0.3 is 0 Å². The first-order chi connectivity index (χ1) is 13.0. The standard InChI is InChI=1S/C19H21ClN4O3/c1-12(26)15-10-22-19(24-7-3-4-14(24)11-25)23-18(15)21-9-13-5-6-17(27-2)16(20)8-13/h3-8,10,12,25-26H,9,11H2,1-2H3,(H,21,22,23). The van der Waals surface area contributed by atoms with Gasteiger partial charge in [-0.25, -0.2) is 4.98 Å². The van der Waals surface area contributed by atoms with Crippen LogP contribution < -0.4 is 10.1 Å². The summed E-state index contributed by atoms with van der Waals surface area (Å²) in [4.78, 5) is 8.83. The van der Waals surface area contributed by atoms with Crippen LogP contribution in [0.2, 0.25) is 5.02 Å². The maximum Gasteiger partial charge on any atom is 0.235 e. The number of aliphatic hydroxyl groups is 2. The number of aliphatic hydroxyl groups excluding tert-OH is 2. The van der Waals surface area contributed by atoms with Crippen molar-refractivity contribution in [3.63, 3.8) is 0 Å². The normalized spacial score (nSPS) is 12.0. The number of rotatable bonds is 7. The summed E-state index contributed by atoms with van der Waals surface area (Å²) in [5.41, 5.74) is 2.19. The van der Waals surface area contributed by atoms with E-state index in [0.29, 0.717) is 40.3 Å². The van der Waals surface area contributed by atoms with Gasteiger partial charge in [0.1, 0.15) is 11.6 Å². The molecule has 1 atom stereocenters. The molecule has 2 aromatic heterocycles. The van der Waals surface area contributed by atoms with Crippen molar-refractivity contribution in [2.24, 2.45) is 0 Å². The lowest BCUT2D eigenvalue weighted by Crippen LogP contribution is -2.11. The molecule has 0 aliphatic heterocycles. The van der Waals surface area contributed by atoms with Crippen LogP contribution in [0.15, 0.2) is 42.7 Å². The van der Waals surface area contributed by atoms with Gasteiger partial charge in [-0.2, -0.15) is 4.98 Å². The molecule has 0 saturated heterocycles. The van der Waals surface area contributed by atoms with E-state index in [4.69, 9.17) is 16.3 Å². The average molecular weight is 389 g/mol. The fraction of sp³-hybridized carbons (Fsp3) is 0.263. The molecule has 0 bridgehead atoms. The zero-order valence-corrected chi connectivity index (χ0v) is 15.8. The van der Waals surface area contributed by atoms with Gasteiger partial charge in [0.2, 0.25) is 5.95 Å². The van der Waals surface area contributed by atoms with Gasteiger partial charge < -0.3 is 20.3 Å². The second-order valence-electron chi connectivity index (χ2n) is 6.00. The summed E-state index contributed by atoms with van der Waals surface area (Å²) in [5, 5.41) is 23.2. The monoisotopic (exact) mass is 388 g/mol. The number of aromatic nitrogens is 3. The van der Waals surface area contributed by atoms with Crippen LogP contribution in [0.5, 0.6) is 5.75 Å². The molecule has 2 heterocycles. The molecule has 0 fully saturated rings. The Morgan fingerprint density at radius 3 is 2.81 bits per heavy atom. The molecule has 8 heteroatoms. The summed E-state index contributed by atoms with van der Waals surface area (Å²) in [7, 11) is 1.57. The Morgan fingerprint density at radius 2 is 2.15 bits per heavy atom. The van der Waals surface area contributed by atoms with Gasteiger partial charge in [-0.15, -0.1) is 0 Å². The Kier molecular flexibility index (Phi) is 5.95. The number of anilines is 1. The molecule has 0 spiro atoms. The van der Waals surface area contributed by atoms with Crippen LogP contribution in [0, 0.1) is 0 Å². The third-order valence-electron chi connectivity index (χ3n) is 4.14. The quantitative estimate of drug-likeness (QED) is 0.576. The largest absolute Gasteiger partial charge is 0.495 e. The van der Waals surface area contributed by atoms with Crippen molar-refractivity contribution in [1.29, 1.82) is 0 Å². The van der Waals surface area contributed by atoms with Crippen molar-refractivity contribution in [3.05, 3.63) is 64.6 Å². The highest BCUT2D eigenvalue weighted by molar-refractivity contribution is 6.32. The molecule has 27 heavy (non-hydrogen) atoms. The van der Waals surface area contributed by atoms with Gasteiger partial charge in [0, 0.05) is 24.5 Å². The predicted molar refractivity (Wildman–Crippen MR) is 103 cm³/mol. The van der Waals surface area contributed by atoms with Crippen molar-refractivity contribution in [2.75, 3.05) is 12.4 Å². The second kappa shape index (κ2) is 8.39. The smallest absolute Gasteiger partial charge is 0.235 e. The molecule has 0 amide bonds. The van der Waals surface area contributed by atoms with Crippen molar-refractivity contribution < 1.29 is 14.9 Å². The number of nitrogens with zero attached hydrogens (tertiary/aromatic N) is 3. The molecule has 0 saturated carbocycles. The molecule has 3 rings (SSSR count). The van der Waals surface area contributed by atoms with Crippen molar-refractivity contribution in [1.82, 2.24) is 14.5 Å². The second-order valence-corrected chi connectivity index (χ2v) is 6.41. The Balaban J connectivity index is 1.88. The summed E-state index contributed by atoms with van der Waals surface area (Å²) < 4.78 is 6.86. The minimum Gasteiger partial charge on any atom is -0.495 e. The van der Waals surface area contributed by atoms with Crippen molar-refractivity contribution >= 4 is 17.4 Å². The molecule has 1 unspecified atom stereocenters. The molecule has 0 radical (unpaired) electrons. The van der Waals surface area contributed by atoms with Crippen molar-refractivity contribution in [3.8, 4) is 11.7 Å². The highest BCUT2D eigenvalue weighted by Gasteiger charge is 2.14. The lowest BCUT2D eigenvalue weighted by molar-refractivity contribution is 0.199. The zero-order chi connectivity index (χ0) is 19.4. The van der Waals surface area contributed by atoms with E-state index in [1.807, 2.05) is 18.2 Å². The SMILES string of the molecule is COc1ccc(CNc2nc(-n3cccc3CO)ncc2C(C)O)cc1Cl. The molecular formula is C19H21ClN4O3. The van der Waals surface area contributed by atoms with Gasteiger partial charge in [-0.05, 0) is 36.8 Å². The Bertz CT molecular complexity index is 927. The molecule has 142 valence electrons. The van der Waals surface area contributed by atoms with E-state index in [9.17, 15) is 10.2 Å². The van der Waals surface area contributed by atoms with Crippen LogP contribution in [-0.4, -0.2) is 31.9 Å². The number of benzene rings is 1. The number of halogens is 1. The maximum atomic E-state index is 10.0. The van der Waals surface area contributed by atoms with Gasteiger partial charge in [0.25, 0.3) is 0 Å². The summed E-state index contributed by atoms with van der Waals surface area (Å²) in [6.45, 7) is 1.99. The van der Waals surface area contributed by atoms with Crippen molar-refractivity contribution in [2.45, 2.75) is 26.2 Å². The minimum atomic E-state index is -0.733. The summed E-state index contributed by atoms with van der Waals surface area (Å²) >= 11 is 6.17. The molecule has 0 aliphatic rings. The Hall–Kier alpha value is -2.61. The van der Waals surface area contributed by atoms with Crippen LogP contribution in [0.3, 0.4) is 0 Å². The van der Waals surface area contributed by atoms with E-state index in [1.165, 1.54) is 0 Å². The highest BCUT2D eigenvalue weighted by atomic mass is 35.5. The van der Waals surface area contributed by atoms with Gasteiger partial charge in [0.05, 0.1) is 30.5 Å². The predicted octanol–water partition coefficient (Wildman–Crippen LogP) is 3.09. The van der Waals surface area contributed by atoms with Crippen LogP contribution in [0.4, 0.5) is 5.82 Å². The molecule has 3 aromatic rings. The molecule has 7 nitrogen and oxygen atoms in total. The van der Waals surface area contributed by atoms with E-state index >= 15 is 0 Å². The van der Waals surface area contributed by atoms with E-state index < -0.39 is 6.10 Å². The molecular weight excluding hydrogens is 368 g/mol. The molecule has 0 aliphatic carbocycles. The third kappa shape index (κ3) is 4.21. The topological polar surface area (TPSA) is 92.4 Å². The van der Waals surface area contributed by atoms with E-state index in [2.05, 4.69) is 15.3 Å². The number of hydrogen-bond acceptors (Lipinski definition) is 6. The summed E-state index contributed by atoms with van der Waals surface area (Å²) in [6.07, 6.45) is 2.62. The Morgan fingerprint density at radius 1 is 1.33 bits per heavy atom. The number of ether oxygens (including phenoxy) is 1. The van der Waals surface area contributed by atoms with E-state index in [1.54, 1.807) is 43.1 Å². The van der Waals surface area contributed by atoms with E-state index in [0.717, 1.165) is 5.56 Å². The van der Waals surface area contributed by atoms with Gasteiger partial charge in [-0.3, -0.25) is 4.57 Å². The molecule has 3 N–H and O–H groups in total. The van der Waals surface area contributed by atoms with Crippen LogP contribution in [-0.2, 0) is 13.2 Å². The fourth-order valence-corrected chi connectivity index (χ4v) is 2.97. The highest BCUT2D eigenvalue weighted by Crippen LogP contribution is 2.26. The summed E-state index contributed by atoms with van der Waals surface area (Å²) in [6, 6.07) is 9.11. The van der Waals surface area contributed by atoms with Gasteiger partial charge in [-0.1, -0.05) is 17.7 Å². The summed E-state index contributed by atoms with van der Waals surface area (Å²) in [5.74, 6) is 1.53. The first-order valence-corrected chi connectivity index (χ1v) is 8.80. The average Bonchev–Trinajstić information content (AvgIpc) is 3.15. The maximum absolute atomic E-state index is 10.0. The Labute approximate surface area is 162 Å². The molecule has 1 aromatic carbocycles. The van der Waals surface area contributed by atoms with Crippen LogP contribution in [0.25, 0.3) is 5.95 Å². The van der Waals surface area contributed by atoms with Crippen LogP contribution in [0.1, 0.15) is 29.8 Å². The number of methoxy groups -OCH3 is 1. The fourth-order valence-electron chi connectivity index (χ4n) is 2.69. The first-order valence-electron chi connectivity index (χ1n) is 8.42. The van der Waals surface area contributed by atoms with Crippen LogP contribution >= 0.6 is 11.6 Å². The lowest BCUT2D eigenvalue weighted by Gasteiger charge is -2.15. The lowest BCUT2D eigenvalue weighted by atomic mass is 10.2. The zero-order valence-electron chi connectivity index (χ0n) is 15.1. The number of nitrogens with one attached hydrogen (secondary N) is 1. The number of hydrogen-bond donors (Lipinski definition) is 3. The minimum absolute atomic E-state index is 0.123.